The predicted octanol–water partition coefficient (Wildman–Crippen LogP) is 3.26. The fourth-order valence-electron chi connectivity index (χ4n) is 3.10. The lowest BCUT2D eigenvalue weighted by Crippen LogP contribution is -2.28. The van der Waals surface area contributed by atoms with Crippen LogP contribution in [0.3, 0.4) is 0 Å². The van der Waals surface area contributed by atoms with Crippen molar-refractivity contribution < 1.29 is 14.3 Å². The van der Waals surface area contributed by atoms with Gasteiger partial charge in [-0.15, -0.1) is 0 Å². The molecule has 0 bridgehead atoms. The molecule has 28 heavy (non-hydrogen) atoms. The number of carbonyl (C=O) groups is 2. The van der Waals surface area contributed by atoms with Gasteiger partial charge in [0.05, 0.1) is 0 Å². The maximum Gasteiger partial charge on any atom is 0.359 e. The van der Waals surface area contributed by atoms with Gasteiger partial charge in [-0.1, -0.05) is 31.5 Å². The van der Waals surface area contributed by atoms with Gasteiger partial charge in [-0.25, -0.2) is 9.48 Å². The van der Waals surface area contributed by atoms with Crippen LogP contribution in [0.4, 0.5) is 0 Å². The van der Waals surface area contributed by atoms with Crippen LogP contribution in [0, 0.1) is 6.92 Å². The Balaban J connectivity index is 1.79. The number of carbonyl (C=O) groups excluding carboxylic acids is 2. The Bertz CT molecular complexity index is 1080. The summed E-state index contributed by atoms with van der Waals surface area (Å²) in [6, 6.07) is 10.1. The number of ether oxygens (including phenoxy) is 1. The van der Waals surface area contributed by atoms with E-state index in [2.05, 4.69) is 10.1 Å². The number of unbranched alkanes of at least 4 members (excludes halogenated alkanes) is 1. The molecule has 0 saturated carbocycles. The minimum atomic E-state index is -0.983. The van der Waals surface area contributed by atoms with Crippen molar-refractivity contribution in [1.82, 2.24) is 14.8 Å². The molecule has 0 aliphatic heterocycles. The van der Waals surface area contributed by atoms with Gasteiger partial charge >= 0.3 is 5.97 Å². The number of nitrogens with zero attached hydrogens (tertiary/aromatic N) is 2. The van der Waals surface area contributed by atoms with Crippen LogP contribution < -0.4 is 5.56 Å². The SMILES string of the molecule is CCCCn1nc(C(=O)OC(C)C(=O)c2c(C)[nH]c3ccccc23)ccc1=O. The molecular formula is C21H23N3O4. The third-order valence-electron chi connectivity index (χ3n) is 4.59. The van der Waals surface area contributed by atoms with E-state index in [9.17, 15) is 14.4 Å². The number of ketones is 1. The van der Waals surface area contributed by atoms with Crippen molar-refractivity contribution in [3.63, 3.8) is 0 Å². The first-order valence-electron chi connectivity index (χ1n) is 9.33. The number of fused-ring (bicyclic) bond motifs is 1. The number of hydrogen-bond acceptors (Lipinski definition) is 5. The van der Waals surface area contributed by atoms with Crippen molar-refractivity contribution in [3.8, 4) is 0 Å². The van der Waals surface area contributed by atoms with Gasteiger partial charge in [-0.3, -0.25) is 9.59 Å². The number of Topliss-reactive ketones (excluding diaryl/α,β-unsaturated/α-hetero) is 1. The molecule has 0 saturated heterocycles. The molecule has 7 heteroatoms. The minimum Gasteiger partial charge on any atom is -0.449 e. The highest BCUT2D eigenvalue weighted by Gasteiger charge is 2.25. The van der Waals surface area contributed by atoms with Gasteiger partial charge in [0.2, 0.25) is 5.78 Å². The monoisotopic (exact) mass is 381 g/mol. The van der Waals surface area contributed by atoms with E-state index in [1.54, 1.807) is 0 Å². The molecule has 146 valence electrons. The zero-order valence-corrected chi connectivity index (χ0v) is 16.2. The second-order valence-electron chi connectivity index (χ2n) is 6.72. The zero-order valence-electron chi connectivity index (χ0n) is 16.2. The molecule has 1 unspecified atom stereocenters. The fourth-order valence-corrected chi connectivity index (χ4v) is 3.10. The summed E-state index contributed by atoms with van der Waals surface area (Å²) >= 11 is 0. The molecule has 0 radical (unpaired) electrons. The van der Waals surface area contributed by atoms with Crippen LogP contribution >= 0.6 is 0 Å². The van der Waals surface area contributed by atoms with Crippen LogP contribution in [0.15, 0.2) is 41.2 Å². The van der Waals surface area contributed by atoms with Crippen LogP contribution in [-0.2, 0) is 11.3 Å². The summed E-state index contributed by atoms with van der Waals surface area (Å²) in [6.07, 6.45) is 0.696. The van der Waals surface area contributed by atoms with Crippen molar-refractivity contribution in [2.45, 2.75) is 46.3 Å². The highest BCUT2D eigenvalue weighted by atomic mass is 16.5. The molecule has 0 aliphatic carbocycles. The summed E-state index contributed by atoms with van der Waals surface area (Å²) in [4.78, 5) is 40.4. The van der Waals surface area contributed by atoms with Gasteiger partial charge < -0.3 is 9.72 Å². The van der Waals surface area contributed by atoms with Crippen molar-refractivity contribution in [2.75, 3.05) is 0 Å². The third kappa shape index (κ3) is 3.88. The molecule has 3 aromatic rings. The van der Waals surface area contributed by atoms with Gasteiger partial charge in [0, 0.05) is 34.8 Å². The summed E-state index contributed by atoms with van der Waals surface area (Å²) in [6.45, 7) is 5.78. The molecular weight excluding hydrogens is 358 g/mol. The number of esters is 1. The molecule has 2 heterocycles. The van der Waals surface area contributed by atoms with Crippen LogP contribution in [0.25, 0.3) is 10.9 Å². The molecule has 2 aromatic heterocycles. The average Bonchev–Trinajstić information content (AvgIpc) is 3.02. The number of aromatic nitrogens is 3. The zero-order chi connectivity index (χ0) is 20.3. The molecule has 0 spiro atoms. The molecule has 0 amide bonds. The molecule has 7 nitrogen and oxygen atoms in total. The topological polar surface area (TPSA) is 94.1 Å². The van der Waals surface area contributed by atoms with E-state index in [-0.39, 0.29) is 17.0 Å². The number of aromatic amines is 1. The van der Waals surface area contributed by atoms with E-state index in [0.29, 0.717) is 12.1 Å². The number of para-hydroxylation sites is 1. The van der Waals surface area contributed by atoms with Crippen molar-refractivity contribution in [1.29, 1.82) is 0 Å². The number of benzene rings is 1. The van der Waals surface area contributed by atoms with Crippen molar-refractivity contribution in [2.24, 2.45) is 0 Å². The summed E-state index contributed by atoms with van der Waals surface area (Å²) < 4.78 is 6.59. The summed E-state index contributed by atoms with van der Waals surface area (Å²) in [5.74, 6) is -1.02. The van der Waals surface area contributed by atoms with Gasteiger partial charge in [0.1, 0.15) is 0 Å². The standard InChI is InChI=1S/C21H23N3O4/c1-4-5-12-24-18(25)11-10-17(23-24)21(27)28-14(3)20(26)19-13(2)22-16-9-7-6-8-15(16)19/h6-11,14,22H,4-5,12H2,1-3H3. The first kappa shape index (κ1) is 19.5. The lowest BCUT2D eigenvalue weighted by atomic mass is 10.0. The number of nitrogens with one attached hydrogen (secondary N) is 1. The highest BCUT2D eigenvalue weighted by molar-refractivity contribution is 6.11. The van der Waals surface area contributed by atoms with Crippen LogP contribution in [0.2, 0.25) is 0 Å². The Kier molecular flexibility index (Phi) is 5.73. The fraction of sp³-hybridized carbons (Fsp3) is 0.333. The predicted molar refractivity (Wildman–Crippen MR) is 106 cm³/mol. The number of aryl methyl sites for hydroxylation is 2. The second kappa shape index (κ2) is 8.21. The van der Waals surface area contributed by atoms with Crippen LogP contribution in [0.1, 0.15) is 53.2 Å². The molecule has 0 aliphatic rings. The van der Waals surface area contributed by atoms with E-state index in [0.717, 1.165) is 29.4 Å². The van der Waals surface area contributed by atoms with E-state index in [4.69, 9.17) is 4.74 Å². The Labute approximate surface area is 162 Å². The lowest BCUT2D eigenvalue weighted by Gasteiger charge is -2.13. The Morgan fingerprint density at radius 2 is 1.96 bits per heavy atom. The number of rotatable bonds is 7. The van der Waals surface area contributed by atoms with E-state index < -0.39 is 12.1 Å². The molecule has 1 aromatic carbocycles. The number of H-pyrrole nitrogens is 1. The Morgan fingerprint density at radius 3 is 2.71 bits per heavy atom. The second-order valence-corrected chi connectivity index (χ2v) is 6.72. The van der Waals surface area contributed by atoms with Gasteiger partial charge in [-0.2, -0.15) is 5.10 Å². The summed E-state index contributed by atoms with van der Waals surface area (Å²) in [5.41, 5.74) is 1.82. The van der Waals surface area contributed by atoms with Crippen molar-refractivity contribution in [3.05, 3.63) is 63.7 Å². The largest absolute Gasteiger partial charge is 0.449 e. The maximum atomic E-state index is 12.9. The maximum absolute atomic E-state index is 12.9. The van der Waals surface area contributed by atoms with Crippen molar-refractivity contribution >= 4 is 22.7 Å². The van der Waals surface area contributed by atoms with Crippen LogP contribution in [0.5, 0.6) is 0 Å². The van der Waals surface area contributed by atoms with Gasteiger partial charge in [-0.05, 0) is 32.4 Å². The van der Waals surface area contributed by atoms with Gasteiger partial charge in [0.25, 0.3) is 5.56 Å². The minimum absolute atomic E-state index is 0.00556. The molecule has 1 N–H and O–H groups in total. The first-order chi connectivity index (χ1) is 13.4. The quantitative estimate of drug-likeness (QED) is 0.501. The van der Waals surface area contributed by atoms with Crippen LogP contribution in [-0.4, -0.2) is 32.6 Å². The smallest absolute Gasteiger partial charge is 0.359 e. The van der Waals surface area contributed by atoms with E-state index in [1.165, 1.54) is 23.7 Å². The Morgan fingerprint density at radius 1 is 1.21 bits per heavy atom. The Hall–Kier alpha value is -3.22. The molecule has 3 rings (SSSR count). The lowest BCUT2D eigenvalue weighted by molar-refractivity contribution is 0.0310. The third-order valence-corrected chi connectivity index (χ3v) is 4.59. The summed E-state index contributed by atoms with van der Waals surface area (Å²) in [7, 11) is 0. The number of hydrogen-bond donors (Lipinski definition) is 1. The molecule has 0 fully saturated rings. The first-order valence-corrected chi connectivity index (χ1v) is 9.33. The molecule has 1 atom stereocenters. The normalized spacial score (nSPS) is 12.1. The van der Waals surface area contributed by atoms with E-state index in [1.807, 2.05) is 38.1 Å². The average molecular weight is 381 g/mol. The summed E-state index contributed by atoms with van der Waals surface area (Å²) in [5, 5.41) is 4.86. The van der Waals surface area contributed by atoms with Gasteiger partial charge in [0.15, 0.2) is 11.8 Å². The highest BCUT2D eigenvalue weighted by Crippen LogP contribution is 2.24. The van der Waals surface area contributed by atoms with E-state index >= 15 is 0 Å².